The summed E-state index contributed by atoms with van der Waals surface area (Å²) in [6.45, 7) is 2.06. The highest BCUT2D eigenvalue weighted by molar-refractivity contribution is 7.98. The van der Waals surface area contributed by atoms with Gasteiger partial charge in [0.1, 0.15) is 0 Å². The maximum absolute atomic E-state index is 6.05. The van der Waals surface area contributed by atoms with Crippen LogP contribution in [0.25, 0.3) is 11.0 Å². The van der Waals surface area contributed by atoms with Crippen LogP contribution in [-0.4, -0.2) is 14.6 Å². The Morgan fingerprint density at radius 2 is 2.05 bits per heavy atom. The van der Waals surface area contributed by atoms with E-state index in [4.69, 9.17) is 5.84 Å². The lowest BCUT2D eigenvalue weighted by molar-refractivity contribution is 0.875. The van der Waals surface area contributed by atoms with E-state index in [1.807, 2.05) is 36.5 Å². The molecule has 0 saturated heterocycles. The van der Waals surface area contributed by atoms with E-state index in [1.165, 1.54) is 5.56 Å². The molecule has 2 aromatic heterocycles. The van der Waals surface area contributed by atoms with Crippen molar-refractivity contribution >= 4 is 22.8 Å². The third kappa shape index (κ3) is 2.29. The summed E-state index contributed by atoms with van der Waals surface area (Å²) >= 11 is 1.60. The largest absolute Gasteiger partial charge is 0.337 e. The van der Waals surface area contributed by atoms with Crippen molar-refractivity contribution in [1.29, 1.82) is 0 Å². The summed E-state index contributed by atoms with van der Waals surface area (Å²) < 4.78 is 1.64. The van der Waals surface area contributed by atoms with Crippen LogP contribution in [0.5, 0.6) is 0 Å². The zero-order valence-corrected chi connectivity index (χ0v) is 11.4. The molecule has 2 heterocycles. The first kappa shape index (κ1) is 12.0. The van der Waals surface area contributed by atoms with Gasteiger partial charge >= 0.3 is 0 Å². The van der Waals surface area contributed by atoms with E-state index in [1.54, 1.807) is 16.4 Å². The number of nitrogen functional groups attached to an aromatic ring is 1. The number of rotatable bonds is 3. The second-order valence-corrected chi connectivity index (χ2v) is 5.25. The highest BCUT2D eigenvalue weighted by Gasteiger charge is 2.09. The standard InChI is InChI=1S/C14H14N4S/c1-10-5-4-8-16-12(10)9-19-14-17-11-6-2-3-7-13(11)18(14)15/h2-8H,9,15H2,1H3. The van der Waals surface area contributed by atoms with Gasteiger partial charge in [-0.15, -0.1) is 0 Å². The Bertz CT molecular complexity index is 720. The van der Waals surface area contributed by atoms with Crippen LogP contribution in [0.4, 0.5) is 0 Å². The second kappa shape index (κ2) is 4.93. The first-order valence-corrected chi connectivity index (χ1v) is 7.00. The van der Waals surface area contributed by atoms with Gasteiger partial charge in [0.15, 0.2) is 5.16 Å². The number of nitrogens with zero attached hydrogens (tertiary/aromatic N) is 3. The minimum Gasteiger partial charge on any atom is -0.337 e. The predicted octanol–water partition coefficient (Wildman–Crippen LogP) is 2.75. The van der Waals surface area contributed by atoms with Gasteiger partial charge in [-0.25, -0.2) is 9.66 Å². The summed E-state index contributed by atoms with van der Waals surface area (Å²) in [6, 6.07) is 11.9. The van der Waals surface area contributed by atoms with Crippen LogP contribution in [-0.2, 0) is 5.75 Å². The molecule has 0 aliphatic carbocycles. The van der Waals surface area contributed by atoms with Crippen molar-refractivity contribution in [1.82, 2.24) is 14.6 Å². The highest BCUT2D eigenvalue weighted by atomic mass is 32.2. The molecule has 0 atom stereocenters. The van der Waals surface area contributed by atoms with Crippen molar-refractivity contribution < 1.29 is 0 Å². The molecule has 0 amide bonds. The van der Waals surface area contributed by atoms with Crippen LogP contribution in [0.15, 0.2) is 47.8 Å². The fourth-order valence-corrected chi connectivity index (χ4v) is 2.89. The molecule has 3 rings (SSSR count). The lowest BCUT2D eigenvalue weighted by atomic mass is 10.2. The van der Waals surface area contributed by atoms with Gasteiger partial charge in [0, 0.05) is 11.9 Å². The molecule has 0 bridgehead atoms. The van der Waals surface area contributed by atoms with E-state index in [2.05, 4.69) is 23.0 Å². The number of para-hydroxylation sites is 2. The number of thioether (sulfide) groups is 1. The number of imidazole rings is 1. The molecule has 0 radical (unpaired) electrons. The summed E-state index contributed by atoms with van der Waals surface area (Å²) in [7, 11) is 0. The molecule has 0 aliphatic rings. The predicted molar refractivity (Wildman–Crippen MR) is 78.4 cm³/mol. The van der Waals surface area contributed by atoms with E-state index in [0.29, 0.717) is 0 Å². The maximum atomic E-state index is 6.05. The number of pyridine rings is 1. The van der Waals surface area contributed by atoms with Crippen molar-refractivity contribution in [2.75, 3.05) is 5.84 Å². The third-order valence-electron chi connectivity index (χ3n) is 3.02. The Morgan fingerprint density at radius 1 is 1.21 bits per heavy atom. The van der Waals surface area contributed by atoms with E-state index >= 15 is 0 Å². The molecule has 19 heavy (non-hydrogen) atoms. The number of aryl methyl sites for hydroxylation is 1. The SMILES string of the molecule is Cc1cccnc1CSc1nc2ccccc2n1N. The van der Waals surface area contributed by atoms with E-state index in [9.17, 15) is 0 Å². The smallest absolute Gasteiger partial charge is 0.188 e. The van der Waals surface area contributed by atoms with Crippen molar-refractivity contribution in [3.05, 3.63) is 53.9 Å². The van der Waals surface area contributed by atoms with Gasteiger partial charge < -0.3 is 5.84 Å². The van der Waals surface area contributed by atoms with Gasteiger partial charge in [-0.05, 0) is 30.7 Å². The molecule has 5 heteroatoms. The van der Waals surface area contributed by atoms with Crippen LogP contribution in [0.1, 0.15) is 11.3 Å². The first-order chi connectivity index (χ1) is 9.25. The number of fused-ring (bicyclic) bond motifs is 1. The van der Waals surface area contributed by atoms with Crippen molar-refractivity contribution in [3.63, 3.8) is 0 Å². The normalized spacial score (nSPS) is 11.0. The number of benzene rings is 1. The molecule has 0 aliphatic heterocycles. The molecule has 96 valence electrons. The third-order valence-corrected chi connectivity index (χ3v) is 3.98. The molecule has 3 aromatic rings. The van der Waals surface area contributed by atoms with E-state index in [0.717, 1.165) is 27.6 Å². The van der Waals surface area contributed by atoms with Crippen molar-refractivity contribution in [3.8, 4) is 0 Å². The van der Waals surface area contributed by atoms with Gasteiger partial charge in [-0.3, -0.25) is 4.98 Å². The Hall–Kier alpha value is -2.01. The maximum Gasteiger partial charge on any atom is 0.188 e. The minimum absolute atomic E-state index is 0.771. The monoisotopic (exact) mass is 270 g/mol. The van der Waals surface area contributed by atoms with Crippen LogP contribution in [0.2, 0.25) is 0 Å². The lowest BCUT2D eigenvalue weighted by Gasteiger charge is -2.04. The number of aromatic nitrogens is 3. The highest BCUT2D eigenvalue weighted by Crippen LogP contribution is 2.24. The molecule has 0 spiro atoms. The zero-order chi connectivity index (χ0) is 13.2. The Balaban J connectivity index is 1.86. The number of nitrogens with two attached hydrogens (primary N) is 1. The van der Waals surface area contributed by atoms with Crippen LogP contribution >= 0.6 is 11.8 Å². The van der Waals surface area contributed by atoms with Crippen molar-refractivity contribution in [2.24, 2.45) is 0 Å². The fraction of sp³-hybridized carbons (Fsp3) is 0.143. The minimum atomic E-state index is 0.771. The molecule has 1 aromatic carbocycles. The molecule has 2 N–H and O–H groups in total. The Morgan fingerprint density at radius 3 is 2.84 bits per heavy atom. The summed E-state index contributed by atoms with van der Waals surface area (Å²) in [4.78, 5) is 8.91. The zero-order valence-electron chi connectivity index (χ0n) is 10.6. The fourth-order valence-electron chi connectivity index (χ4n) is 1.93. The van der Waals surface area contributed by atoms with Gasteiger partial charge in [-0.1, -0.05) is 30.0 Å². The molecular weight excluding hydrogens is 256 g/mol. The van der Waals surface area contributed by atoms with Gasteiger partial charge in [-0.2, -0.15) is 0 Å². The first-order valence-electron chi connectivity index (χ1n) is 6.01. The molecular formula is C14H14N4S. The molecule has 4 nitrogen and oxygen atoms in total. The number of hydrogen-bond donors (Lipinski definition) is 1. The van der Waals surface area contributed by atoms with Crippen LogP contribution in [0.3, 0.4) is 0 Å². The van der Waals surface area contributed by atoms with Gasteiger partial charge in [0.25, 0.3) is 0 Å². The summed E-state index contributed by atoms with van der Waals surface area (Å²) in [5.41, 5.74) is 4.13. The van der Waals surface area contributed by atoms with Gasteiger partial charge in [0.05, 0.1) is 16.7 Å². The second-order valence-electron chi connectivity index (χ2n) is 4.31. The summed E-state index contributed by atoms with van der Waals surface area (Å²) in [6.07, 6.45) is 1.81. The quantitative estimate of drug-likeness (QED) is 0.587. The average Bonchev–Trinajstić information content (AvgIpc) is 2.75. The van der Waals surface area contributed by atoms with Crippen LogP contribution < -0.4 is 5.84 Å². The number of hydrogen-bond acceptors (Lipinski definition) is 4. The van der Waals surface area contributed by atoms with Crippen molar-refractivity contribution in [2.45, 2.75) is 17.8 Å². The molecule has 0 unspecified atom stereocenters. The average molecular weight is 270 g/mol. The lowest BCUT2D eigenvalue weighted by Crippen LogP contribution is -2.09. The van der Waals surface area contributed by atoms with E-state index < -0.39 is 0 Å². The van der Waals surface area contributed by atoms with E-state index in [-0.39, 0.29) is 0 Å². The topological polar surface area (TPSA) is 56.7 Å². The van der Waals surface area contributed by atoms with Crippen LogP contribution in [0, 0.1) is 6.92 Å². The Kier molecular flexibility index (Phi) is 3.13. The van der Waals surface area contributed by atoms with Gasteiger partial charge in [0.2, 0.25) is 0 Å². The summed E-state index contributed by atoms with van der Waals surface area (Å²) in [5, 5.41) is 0.811. The Labute approximate surface area is 115 Å². The summed E-state index contributed by atoms with van der Waals surface area (Å²) in [5.74, 6) is 6.83. The molecule has 0 fully saturated rings. The molecule has 0 saturated carbocycles.